The maximum absolute atomic E-state index is 14.0. The Labute approximate surface area is 245 Å². The van der Waals surface area contributed by atoms with Crippen LogP contribution in [0, 0.1) is 0 Å². The van der Waals surface area contributed by atoms with E-state index in [1.54, 1.807) is 62.6 Å². The predicted octanol–water partition coefficient (Wildman–Crippen LogP) is 5.53. The number of nitrogens with one attached hydrogen (secondary N) is 1. The van der Waals surface area contributed by atoms with Gasteiger partial charge in [0.1, 0.15) is 18.3 Å². The lowest BCUT2D eigenvalue weighted by molar-refractivity contribution is -0.139. The molecule has 0 bridgehead atoms. The predicted molar refractivity (Wildman–Crippen MR) is 158 cm³/mol. The van der Waals surface area contributed by atoms with E-state index in [2.05, 4.69) is 5.32 Å². The van der Waals surface area contributed by atoms with Crippen LogP contribution in [0.2, 0.25) is 10.0 Å². The summed E-state index contributed by atoms with van der Waals surface area (Å²) in [5.74, 6) is -0.312. The highest BCUT2D eigenvalue weighted by atomic mass is 35.5. The van der Waals surface area contributed by atoms with Crippen LogP contribution in [-0.4, -0.2) is 50.9 Å². The number of nitrogens with zero attached hydrogens (tertiary/aromatic N) is 2. The highest BCUT2D eigenvalue weighted by molar-refractivity contribution is 7.92. The molecule has 0 radical (unpaired) electrons. The molecule has 0 aliphatic carbocycles. The summed E-state index contributed by atoms with van der Waals surface area (Å²) in [6.45, 7) is 4.86. The maximum atomic E-state index is 14.0. The van der Waals surface area contributed by atoms with Gasteiger partial charge < -0.3 is 15.0 Å². The Morgan fingerprint density at radius 1 is 0.950 bits per heavy atom. The van der Waals surface area contributed by atoms with Gasteiger partial charge in [-0.05, 0) is 62.2 Å². The summed E-state index contributed by atoms with van der Waals surface area (Å²) in [7, 11) is -2.70. The molecule has 0 unspecified atom stereocenters. The molecule has 40 heavy (non-hydrogen) atoms. The Bertz CT molecular complexity index is 1420. The van der Waals surface area contributed by atoms with Crippen LogP contribution < -0.4 is 14.4 Å². The number of rotatable bonds is 12. The number of amides is 2. The highest BCUT2D eigenvalue weighted by Crippen LogP contribution is 2.35. The lowest BCUT2D eigenvalue weighted by atomic mass is 10.1. The van der Waals surface area contributed by atoms with Crippen LogP contribution in [-0.2, 0) is 26.2 Å². The van der Waals surface area contributed by atoms with Crippen molar-refractivity contribution in [1.82, 2.24) is 10.2 Å². The van der Waals surface area contributed by atoms with Crippen LogP contribution in [0.5, 0.6) is 5.75 Å². The fourth-order valence-electron chi connectivity index (χ4n) is 3.89. The van der Waals surface area contributed by atoms with Crippen molar-refractivity contribution in [2.24, 2.45) is 0 Å². The monoisotopic (exact) mass is 605 g/mol. The van der Waals surface area contributed by atoms with E-state index in [1.165, 1.54) is 29.2 Å². The largest absolute Gasteiger partial charge is 0.497 e. The number of hydrogen-bond donors (Lipinski definition) is 1. The Morgan fingerprint density at radius 2 is 1.60 bits per heavy atom. The quantitative estimate of drug-likeness (QED) is 0.293. The third kappa shape index (κ3) is 7.47. The summed E-state index contributed by atoms with van der Waals surface area (Å²) >= 11 is 12.7. The Kier molecular flexibility index (Phi) is 10.8. The van der Waals surface area contributed by atoms with Gasteiger partial charge in [0.05, 0.1) is 27.7 Å². The number of sulfonamides is 1. The number of carbonyl (C=O) groups excluding carboxylic acids is 2. The Hall–Kier alpha value is -3.27. The summed E-state index contributed by atoms with van der Waals surface area (Å²) in [4.78, 5) is 28.4. The molecule has 0 fully saturated rings. The lowest BCUT2D eigenvalue weighted by Crippen LogP contribution is -2.52. The third-order valence-electron chi connectivity index (χ3n) is 6.49. The van der Waals surface area contributed by atoms with Gasteiger partial charge in [0.15, 0.2) is 0 Å². The van der Waals surface area contributed by atoms with Gasteiger partial charge >= 0.3 is 0 Å². The van der Waals surface area contributed by atoms with Crippen LogP contribution in [0.1, 0.15) is 32.8 Å². The van der Waals surface area contributed by atoms with E-state index in [0.29, 0.717) is 12.2 Å². The second kappa shape index (κ2) is 13.9. The molecule has 214 valence electrons. The first kappa shape index (κ1) is 31.3. The van der Waals surface area contributed by atoms with Crippen molar-refractivity contribution in [2.75, 3.05) is 18.0 Å². The molecule has 8 nitrogen and oxygen atoms in total. The van der Waals surface area contributed by atoms with Crippen molar-refractivity contribution in [2.45, 2.75) is 50.7 Å². The van der Waals surface area contributed by atoms with Crippen molar-refractivity contribution in [1.29, 1.82) is 0 Å². The average Bonchev–Trinajstić information content (AvgIpc) is 2.96. The van der Waals surface area contributed by atoms with Crippen LogP contribution in [0.3, 0.4) is 0 Å². The third-order valence-corrected chi connectivity index (χ3v) is 9.07. The average molecular weight is 607 g/mol. The molecule has 2 amide bonds. The minimum atomic E-state index is -4.25. The van der Waals surface area contributed by atoms with E-state index in [0.717, 1.165) is 9.87 Å². The molecule has 0 aromatic heterocycles. The van der Waals surface area contributed by atoms with Gasteiger partial charge in [-0.3, -0.25) is 13.9 Å². The number of halogens is 2. The molecular weight excluding hydrogens is 573 g/mol. The summed E-state index contributed by atoms with van der Waals surface area (Å²) in [5.41, 5.74) is 0.781. The molecule has 2 atom stereocenters. The van der Waals surface area contributed by atoms with Crippen LogP contribution in [0.4, 0.5) is 5.69 Å². The van der Waals surface area contributed by atoms with Crippen molar-refractivity contribution in [3.05, 3.63) is 88.4 Å². The zero-order valence-electron chi connectivity index (χ0n) is 22.8. The summed E-state index contributed by atoms with van der Waals surface area (Å²) < 4.78 is 33.8. The molecule has 0 heterocycles. The minimum absolute atomic E-state index is 0.0132. The van der Waals surface area contributed by atoms with E-state index in [4.69, 9.17) is 27.9 Å². The van der Waals surface area contributed by atoms with E-state index in [1.807, 2.05) is 13.8 Å². The van der Waals surface area contributed by atoms with Crippen molar-refractivity contribution < 1.29 is 22.7 Å². The zero-order chi connectivity index (χ0) is 29.4. The molecular formula is C29H33Cl2N3O5S. The SMILES string of the molecule is CC[C@@H](C)NC(=O)[C@@H](C)N(Cc1ccc(OC)cc1)C(=O)CN(c1cccc(Cl)c1Cl)S(=O)(=O)c1ccccc1. The summed E-state index contributed by atoms with van der Waals surface area (Å²) in [5, 5.41) is 3.03. The molecule has 0 aliphatic heterocycles. The van der Waals surface area contributed by atoms with Gasteiger partial charge in [-0.15, -0.1) is 0 Å². The molecule has 0 saturated carbocycles. The summed E-state index contributed by atoms with van der Waals surface area (Å²) in [6.07, 6.45) is 0.710. The fourth-order valence-corrected chi connectivity index (χ4v) is 5.79. The second-order valence-corrected chi connectivity index (χ2v) is 11.9. The van der Waals surface area contributed by atoms with Gasteiger partial charge in [-0.25, -0.2) is 8.42 Å². The fraction of sp³-hybridized carbons (Fsp3) is 0.310. The van der Waals surface area contributed by atoms with Gasteiger partial charge in [0.2, 0.25) is 11.8 Å². The number of methoxy groups -OCH3 is 1. The zero-order valence-corrected chi connectivity index (χ0v) is 25.1. The van der Waals surface area contributed by atoms with E-state index < -0.39 is 28.5 Å². The second-order valence-electron chi connectivity index (χ2n) is 9.26. The van der Waals surface area contributed by atoms with Crippen molar-refractivity contribution >= 4 is 50.7 Å². The van der Waals surface area contributed by atoms with E-state index in [9.17, 15) is 18.0 Å². The van der Waals surface area contributed by atoms with Gasteiger partial charge in [0.25, 0.3) is 10.0 Å². The van der Waals surface area contributed by atoms with Gasteiger partial charge in [-0.2, -0.15) is 0 Å². The molecule has 3 aromatic rings. The Morgan fingerprint density at radius 3 is 2.20 bits per heavy atom. The number of carbonyl (C=O) groups is 2. The number of hydrogen-bond acceptors (Lipinski definition) is 5. The number of anilines is 1. The molecule has 3 aromatic carbocycles. The first-order valence-corrected chi connectivity index (χ1v) is 14.9. The van der Waals surface area contributed by atoms with Crippen LogP contribution in [0.15, 0.2) is 77.7 Å². The molecule has 0 saturated heterocycles. The molecule has 1 N–H and O–H groups in total. The van der Waals surface area contributed by atoms with Crippen LogP contribution in [0.25, 0.3) is 0 Å². The van der Waals surface area contributed by atoms with E-state index >= 15 is 0 Å². The first-order valence-electron chi connectivity index (χ1n) is 12.7. The number of benzene rings is 3. The van der Waals surface area contributed by atoms with Gasteiger partial charge in [-0.1, -0.05) is 66.5 Å². The molecule has 3 rings (SSSR count). The molecule has 11 heteroatoms. The van der Waals surface area contributed by atoms with Crippen LogP contribution >= 0.6 is 23.2 Å². The summed E-state index contributed by atoms with van der Waals surface area (Å²) in [6, 6.07) is 18.4. The normalized spacial score (nSPS) is 12.8. The maximum Gasteiger partial charge on any atom is 0.264 e. The smallest absolute Gasteiger partial charge is 0.264 e. The number of ether oxygens (including phenoxy) is 1. The first-order chi connectivity index (χ1) is 19.0. The van der Waals surface area contributed by atoms with Crippen molar-refractivity contribution in [3.8, 4) is 5.75 Å². The molecule has 0 aliphatic rings. The topological polar surface area (TPSA) is 96.0 Å². The molecule has 0 spiro atoms. The lowest BCUT2D eigenvalue weighted by Gasteiger charge is -2.32. The van der Waals surface area contributed by atoms with Crippen molar-refractivity contribution in [3.63, 3.8) is 0 Å². The van der Waals surface area contributed by atoms with E-state index in [-0.39, 0.29) is 39.1 Å². The van der Waals surface area contributed by atoms with Gasteiger partial charge in [0, 0.05) is 12.6 Å². The Balaban J connectivity index is 2.05. The highest BCUT2D eigenvalue weighted by Gasteiger charge is 2.33. The minimum Gasteiger partial charge on any atom is -0.497 e. The standard InChI is InChI=1S/C29H33Cl2N3O5S/c1-5-20(2)32-29(36)21(3)33(18-22-14-16-23(39-4)17-15-22)27(35)19-34(26-13-9-12-25(30)28(26)31)40(37,38)24-10-7-6-8-11-24/h6-17,20-21H,5,18-19H2,1-4H3,(H,32,36)/t20-,21-/m1/s1.